The van der Waals surface area contributed by atoms with Crippen LogP contribution in [0.15, 0.2) is 10.9 Å². The molecule has 1 aromatic rings. The zero-order valence-corrected chi connectivity index (χ0v) is 10.6. The van der Waals surface area contributed by atoms with Gasteiger partial charge in [-0.3, -0.25) is 9.69 Å². The summed E-state index contributed by atoms with van der Waals surface area (Å²) in [5.74, 6) is 0.170. The molecule has 92 valence electrons. The number of thiazole rings is 1. The number of carbonyl (C=O) groups is 1. The number of hydrogen-bond donors (Lipinski definition) is 1. The van der Waals surface area contributed by atoms with Gasteiger partial charge in [0.2, 0.25) is 5.91 Å². The highest BCUT2D eigenvalue weighted by Gasteiger charge is 2.36. The first-order valence-corrected chi connectivity index (χ1v) is 7.18. The molecule has 2 aliphatic rings. The maximum atomic E-state index is 11.7. The van der Waals surface area contributed by atoms with Crippen LogP contribution in [0, 0.1) is 0 Å². The quantitative estimate of drug-likeness (QED) is 0.864. The van der Waals surface area contributed by atoms with Crippen LogP contribution in [0.4, 0.5) is 0 Å². The third-order valence-electron chi connectivity index (χ3n) is 3.74. The number of rotatable bonds is 2. The molecule has 5 heteroatoms. The van der Waals surface area contributed by atoms with E-state index < -0.39 is 0 Å². The van der Waals surface area contributed by atoms with E-state index >= 15 is 0 Å². The molecule has 1 aliphatic heterocycles. The average molecular weight is 251 g/mol. The normalized spacial score (nSPS) is 29.8. The highest BCUT2D eigenvalue weighted by Crippen LogP contribution is 2.26. The number of carbonyl (C=O) groups excluding carboxylic acids is 1. The first-order valence-electron chi connectivity index (χ1n) is 6.23. The van der Waals surface area contributed by atoms with Gasteiger partial charge in [0.15, 0.2) is 0 Å². The SMILES string of the molecule is O=C1CN(Cc2cscn2)[C@@H]2CCCC[C@@H]2N1. The van der Waals surface area contributed by atoms with Crippen molar-refractivity contribution in [1.82, 2.24) is 15.2 Å². The number of nitrogens with zero attached hydrogens (tertiary/aromatic N) is 2. The number of nitrogens with one attached hydrogen (secondary N) is 1. The molecule has 2 atom stereocenters. The lowest BCUT2D eigenvalue weighted by Gasteiger charge is -2.43. The number of fused-ring (bicyclic) bond motifs is 1. The summed E-state index contributed by atoms with van der Waals surface area (Å²) in [6, 6.07) is 0.881. The lowest BCUT2D eigenvalue weighted by molar-refractivity contribution is -0.128. The molecule has 17 heavy (non-hydrogen) atoms. The molecule has 0 aromatic carbocycles. The molecule has 1 aromatic heterocycles. The summed E-state index contributed by atoms with van der Waals surface area (Å²) in [5.41, 5.74) is 2.95. The van der Waals surface area contributed by atoms with Gasteiger partial charge in [-0.2, -0.15) is 0 Å². The lowest BCUT2D eigenvalue weighted by Crippen LogP contribution is -2.61. The smallest absolute Gasteiger partial charge is 0.234 e. The van der Waals surface area contributed by atoms with Crippen molar-refractivity contribution in [3.63, 3.8) is 0 Å². The van der Waals surface area contributed by atoms with Crippen molar-refractivity contribution in [2.75, 3.05) is 6.54 Å². The van der Waals surface area contributed by atoms with Crippen molar-refractivity contribution < 1.29 is 4.79 Å². The maximum absolute atomic E-state index is 11.7. The molecule has 3 rings (SSSR count). The third kappa shape index (κ3) is 2.35. The van der Waals surface area contributed by atoms with Gasteiger partial charge in [-0.1, -0.05) is 12.8 Å². The highest BCUT2D eigenvalue weighted by atomic mass is 32.1. The molecule has 0 radical (unpaired) electrons. The number of hydrogen-bond acceptors (Lipinski definition) is 4. The predicted molar refractivity (Wildman–Crippen MR) is 66.7 cm³/mol. The Hall–Kier alpha value is -0.940. The molecule has 1 saturated carbocycles. The zero-order valence-electron chi connectivity index (χ0n) is 9.76. The summed E-state index contributed by atoms with van der Waals surface area (Å²) in [6.07, 6.45) is 4.86. The number of piperazine rings is 1. The molecule has 1 amide bonds. The summed E-state index contributed by atoms with van der Waals surface area (Å²) < 4.78 is 0. The van der Waals surface area contributed by atoms with E-state index in [2.05, 4.69) is 20.6 Å². The first-order chi connectivity index (χ1) is 8.33. The van der Waals surface area contributed by atoms with Gasteiger partial charge < -0.3 is 5.32 Å². The largest absolute Gasteiger partial charge is 0.351 e. The Morgan fingerprint density at radius 2 is 2.35 bits per heavy atom. The van der Waals surface area contributed by atoms with E-state index in [4.69, 9.17) is 0 Å². The Labute approximate surface area is 105 Å². The van der Waals surface area contributed by atoms with Crippen LogP contribution >= 0.6 is 11.3 Å². The topological polar surface area (TPSA) is 45.2 Å². The molecular weight excluding hydrogens is 234 g/mol. The van der Waals surface area contributed by atoms with E-state index in [1.165, 1.54) is 19.3 Å². The predicted octanol–water partition coefficient (Wildman–Crippen LogP) is 1.39. The van der Waals surface area contributed by atoms with Crippen molar-refractivity contribution in [2.24, 2.45) is 0 Å². The molecule has 0 bridgehead atoms. The molecular formula is C12H17N3OS. The van der Waals surface area contributed by atoms with Crippen molar-refractivity contribution in [1.29, 1.82) is 0 Å². The molecule has 0 unspecified atom stereocenters. The molecule has 1 saturated heterocycles. The summed E-state index contributed by atoms with van der Waals surface area (Å²) in [5, 5.41) is 5.20. The van der Waals surface area contributed by atoms with E-state index in [1.807, 2.05) is 5.51 Å². The fraction of sp³-hybridized carbons (Fsp3) is 0.667. The summed E-state index contributed by atoms with van der Waals surface area (Å²) in [4.78, 5) is 18.3. The molecule has 1 aliphatic carbocycles. The van der Waals surface area contributed by atoms with E-state index in [1.54, 1.807) is 11.3 Å². The fourth-order valence-electron chi connectivity index (χ4n) is 2.97. The summed E-state index contributed by atoms with van der Waals surface area (Å²) in [6.45, 7) is 1.34. The average Bonchev–Trinajstić information content (AvgIpc) is 2.81. The molecule has 2 heterocycles. The minimum Gasteiger partial charge on any atom is -0.351 e. The maximum Gasteiger partial charge on any atom is 0.234 e. The minimum atomic E-state index is 0.170. The van der Waals surface area contributed by atoms with Gasteiger partial charge in [-0.15, -0.1) is 11.3 Å². The van der Waals surface area contributed by atoms with E-state index in [-0.39, 0.29) is 5.91 Å². The van der Waals surface area contributed by atoms with Crippen molar-refractivity contribution in [3.8, 4) is 0 Å². The van der Waals surface area contributed by atoms with Crippen LogP contribution in [0.1, 0.15) is 31.4 Å². The lowest BCUT2D eigenvalue weighted by atomic mass is 9.87. The van der Waals surface area contributed by atoms with Crippen LogP contribution < -0.4 is 5.32 Å². The van der Waals surface area contributed by atoms with Gasteiger partial charge in [0.05, 0.1) is 17.7 Å². The van der Waals surface area contributed by atoms with E-state index in [0.29, 0.717) is 18.6 Å². The van der Waals surface area contributed by atoms with Crippen LogP contribution in [0.5, 0.6) is 0 Å². The van der Waals surface area contributed by atoms with Crippen molar-refractivity contribution in [3.05, 3.63) is 16.6 Å². The monoisotopic (exact) mass is 251 g/mol. The molecule has 4 nitrogen and oxygen atoms in total. The van der Waals surface area contributed by atoms with Gasteiger partial charge in [0.25, 0.3) is 0 Å². The second-order valence-corrected chi connectivity index (χ2v) is 5.63. The molecule has 1 N–H and O–H groups in total. The van der Waals surface area contributed by atoms with Crippen LogP contribution in [0.3, 0.4) is 0 Å². The Kier molecular flexibility index (Phi) is 3.11. The van der Waals surface area contributed by atoms with Gasteiger partial charge >= 0.3 is 0 Å². The Morgan fingerprint density at radius 3 is 3.18 bits per heavy atom. The van der Waals surface area contributed by atoms with Gasteiger partial charge in [0, 0.05) is 24.0 Å². The van der Waals surface area contributed by atoms with Gasteiger partial charge in [-0.05, 0) is 12.8 Å². The number of aromatic nitrogens is 1. The van der Waals surface area contributed by atoms with Crippen LogP contribution in [0.2, 0.25) is 0 Å². The number of amides is 1. The van der Waals surface area contributed by atoms with Gasteiger partial charge in [0.1, 0.15) is 0 Å². The van der Waals surface area contributed by atoms with Crippen molar-refractivity contribution in [2.45, 2.75) is 44.3 Å². The Bertz CT molecular complexity index is 392. The standard InChI is InChI=1S/C12H17N3OS/c16-12-6-15(5-9-7-17-8-13-9)11-4-2-1-3-10(11)14-12/h7-8,10-11H,1-6H2,(H,14,16)/t10-,11+/m0/s1. The fourth-order valence-corrected chi connectivity index (χ4v) is 3.52. The van der Waals surface area contributed by atoms with Crippen LogP contribution in [-0.2, 0) is 11.3 Å². The zero-order chi connectivity index (χ0) is 11.7. The second-order valence-electron chi connectivity index (χ2n) is 4.91. The van der Waals surface area contributed by atoms with Crippen LogP contribution in [-0.4, -0.2) is 34.4 Å². The second kappa shape index (κ2) is 4.74. The van der Waals surface area contributed by atoms with E-state index in [9.17, 15) is 4.79 Å². The molecule has 0 spiro atoms. The Balaban J connectivity index is 1.74. The van der Waals surface area contributed by atoms with E-state index in [0.717, 1.165) is 18.7 Å². The summed E-state index contributed by atoms with van der Waals surface area (Å²) in [7, 11) is 0. The Morgan fingerprint density at radius 1 is 1.47 bits per heavy atom. The van der Waals surface area contributed by atoms with Crippen LogP contribution in [0.25, 0.3) is 0 Å². The van der Waals surface area contributed by atoms with Crippen molar-refractivity contribution >= 4 is 17.2 Å². The summed E-state index contributed by atoms with van der Waals surface area (Å²) >= 11 is 1.62. The molecule has 2 fully saturated rings. The first kappa shape index (κ1) is 11.2. The minimum absolute atomic E-state index is 0.170. The third-order valence-corrected chi connectivity index (χ3v) is 4.38. The van der Waals surface area contributed by atoms with Gasteiger partial charge in [-0.25, -0.2) is 4.98 Å². The highest BCUT2D eigenvalue weighted by molar-refractivity contribution is 7.07.